The Bertz CT molecular complexity index is 767. The number of piperidine rings is 1. The Kier molecular flexibility index (Phi) is 7.43. The van der Waals surface area contributed by atoms with Crippen LogP contribution in [0.5, 0.6) is 0 Å². The summed E-state index contributed by atoms with van der Waals surface area (Å²) in [5.41, 5.74) is 2.37. The Morgan fingerprint density at radius 2 is 1.61 bits per heavy atom. The van der Waals surface area contributed by atoms with E-state index >= 15 is 0 Å². The monoisotopic (exact) mass is 430 g/mol. The third kappa shape index (κ3) is 5.76. The van der Waals surface area contributed by atoms with Gasteiger partial charge in [-0.1, -0.05) is 6.07 Å². The highest BCUT2D eigenvalue weighted by atomic mass is 19.1. The smallest absolute Gasteiger partial charge is 0.317 e. The lowest BCUT2D eigenvalue weighted by Crippen LogP contribution is -2.46. The zero-order valence-corrected chi connectivity index (χ0v) is 18.5. The van der Waals surface area contributed by atoms with Gasteiger partial charge in [0, 0.05) is 32.7 Å². The molecule has 0 atom stereocenters. The van der Waals surface area contributed by atoms with Crippen LogP contribution in [0.15, 0.2) is 18.2 Å². The average molecular weight is 431 g/mol. The number of hydrogen-bond donors (Lipinski definition) is 1. The molecule has 6 nitrogen and oxygen atoms in total. The van der Waals surface area contributed by atoms with Crippen molar-refractivity contribution in [3.8, 4) is 0 Å². The van der Waals surface area contributed by atoms with Crippen molar-refractivity contribution in [1.82, 2.24) is 20.0 Å². The van der Waals surface area contributed by atoms with Crippen LogP contribution in [-0.2, 0) is 11.2 Å². The maximum atomic E-state index is 14.0. The molecule has 1 aromatic rings. The maximum absolute atomic E-state index is 14.0. The van der Waals surface area contributed by atoms with Crippen molar-refractivity contribution in [2.75, 3.05) is 52.4 Å². The predicted molar refractivity (Wildman–Crippen MR) is 119 cm³/mol. The van der Waals surface area contributed by atoms with Crippen LogP contribution >= 0.6 is 0 Å². The number of hydrogen-bond acceptors (Lipinski definition) is 3. The fraction of sp³-hybridized carbons (Fsp3) is 0.667. The molecule has 3 fully saturated rings. The largest absolute Gasteiger partial charge is 0.341 e. The van der Waals surface area contributed by atoms with E-state index in [1.165, 1.54) is 31.5 Å². The molecule has 0 aliphatic carbocycles. The topological polar surface area (TPSA) is 55.9 Å². The van der Waals surface area contributed by atoms with E-state index in [0.29, 0.717) is 13.1 Å². The van der Waals surface area contributed by atoms with E-state index in [2.05, 4.69) is 10.2 Å². The summed E-state index contributed by atoms with van der Waals surface area (Å²) in [6.45, 7) is 6.30. The number of urea groups is 1. The summed E-state index contributed by atoms with van der Waals surface area (Å²) in [7, 11) is 0. The number of halogens is 1. The van der Waals surface area contributed by atoms with Gasteiger partial charge in [0.15, 0.2) is 0 Å². The SMILES string of the molecule is O=C(CNC(=O)N1CCCC1)N1CCC(c2cc(F)ccc2CCN2CCCC2)CC1. The Morgan fingerprint density at radius 3 is 2.32 bits per heavy atom. The zero-order valence-electron chi connectivity index (χ0n) is 18.5. The molecule has 0 bridgehead atoms. The first-order valence-electron chi connectivity index (χ1n) is 11.9. The molecule has 1 N–H and O–H groups in total. The van der Waals surface area contributed by atoms with Crippen molar-refractivity contribution < 1.29 is 14.0 Å². The Hall–Kier alpha value is -2.15. The van der Waals surface area contributed by atoms with Crippen molar-refractivity contribution in [2.24, 2.45) is 0 Å². The van der Waals surface area contributed by atoms with Crippen LogP contribution in [0.3, 0.4) is 0 Å². The molecule has 3 heterocycles. The van der Waals surface area contributed by atoms with Crippen LogP contribution in [0.2, 0.25) is 0 Å². The van der Waals surface area contributed by atoms with E-state index in [-0.39, 0.29) is 30.2 Å². The van der Waals surface area contributed by atoms with Gasteiger partial charge in [0.1, 0.15) is 5.82 Å². The van der Waals surface area contributed by atoms with E-state index in [4.69, 9.17) is 0 Å². The second-order valence-corrected chi connectivity index (χ2v) is 9.15. The molecule has 3 saturated heterocycles. The van der Waals surface area contributed by atoms with Gasteiger partial charge in [-0.25, -0.2) is 9.18 Å². The van der Waals surface area contributed by atoms with Gasteiger partial charge in [-0.3, -0.25) is 4.79 Å². The molecule has 0 saturated carbocycles. The molecule has 3 aliphatic heterocycles. The molecule has 4 rings (SSSR count). The lowest BCUT2D eigenvalue weighted by atomic mass is 9.85. The standard InChI is InChI=1S/C24H35FN4O2/c25-21-6-5-19(7-14-27-10-1-2-11-27)22(17-21)20-8-15-28(16-9-20)23(30)18-26-24(31)29-12-3-4-13-29/h5-6,17,20H,1-4,7-16,18H2,(H,26,31). The molecule has 3 amide bonds. The highest BCUT2D eigenvalue weighted by Gasteiger charge is 2.26. The first kappa shape index (κ1) is 22.1. The summed E-state index contributed by atoms with van der Waals surface area (Å²) in [6, 6.07) is 5.09. The molecular weight excluding hydrogens is 395 g/mol. The number of carbonyl (C=O) groups is 2. The molecule has 0 spiro atoms. The summed E-state index contributed by atoms with van der Waals surface area (Å²) in [6.07, 6.45) is 7.27. The van der Waals surface area contributed by atoms with Crippen LogP contribution < -0.4 is 5.32 Å². The molecule has 3 aliphatic rings. The van der Waals surface area contributed by atoms with Crippen LogP contribution in [0.25, 0.3) is 0 Å². The van der Waals surface area contributed by atoms with E-state index in [1.54, 1.807) is 17.0 Å². The fourth-order valence-electron chi connectivity index (χ4n) is 5.19. The van der Waals surface area contributed by atoms with Gasteiger partial charge in [-0.15, -0.1) is 0 Å². The summed E-state index contributed by atoms with van der Waals surface area (Å²) in [4.78, 5) is 30.8. The second-order valence-electron chi connectivity index (χ2n) is 9.15. The van der Waals surface area contributed by atoms with Gasteiger partial charge in [0.25, 0.3) is 0 Å². The highest BCUT2D eigenvalue weighted by Crippen LogP contribution is 2.31. The number of carbonyl (C=O) groups excluding carboxylic acids is 2. The Morgan fingerprint density at radius 1 is 0.935 bits per heavy atom. The molecular formula is C24H35FN4O2. The summed E-state index contributed by atoms with van der Waals surface area (Å²) in [5.74, 6) is 0.0788. The fourth-order valence-corrected chi connectivity index (χ4v) is 5.19. The number of rotatable bonds is 6. The summed E-state index contributed by atoms with van der Waals surface area (Å²) >= 11 is 0. The van der Waals surface area contributed by atoms with Crippen LogP contribution in [-0.4, -0.2) is 79.0 Å². The van der Waals surface area contributed by atoms with E-state index in [1.807, 2.05) is 11.0 Å². The van der Waals surface area contributed by atoms with Gasteiger partial charge in [-0.05, 0) is 87.2 Å². The van der Waals surface area contributed by atoms with Crippen molar-refractivity contribution >= 4 is 11.9 Å². The maximum Gasteiger partial charge on any atom is 0.317 e. The molecule has 0 radical (unpaired) electrons. The van der Waals surface area contributed by atoms with Crippen molar-refractivity contribution in [3.05, 3.63) is 35.1 Å². The molecule has 170 valence electrons. The first-order valence-corrected chi connectivity index (χ1v) is 11.9. The van der Waals surface area contributed by atoms with Crippen LogP contribution in [0.4, 0.5) is 9.18 Å². The predicted octanol–water partition coefficient (Wildman–Crippen LogP) is 2.98. The minimum Gasteiger partial charge on any atom is -0.341 e. The third-order valence-electron chi connectivity index (χ3n) is 7.08. The third-order valence-corrected chi connectivity index (χ3v) is 7.08. The van der Waals surface area contributed by atoms with Crippen molar-refractivity contribution in [3.63, 3.8) is 0 Å². The summed E-state index contributed by atoms with van der Waals surface area (Å²) < 4.78 is 14.0. The molecule has 31 heavy (non-hydrogen) atoms. The van der Waals surface area contributed by atoms with E-state index in [0.717, 1.165) is 57.3 Å². The number of nitrogens with one attached hydrogen (secondary N) is 1. The highest BCUT2D eigenvalue weighted by molar-refractivity contribution is 5.84. The Balaban J connectivity index is 1.28. The number of likely N-dealkylation sites (tertiary alicyclic amines) is 3. The zero-order chi connectivity index (χ0) is 21.6. The molecule has 0 aromatic heterocycles. The average Bonchev–Trinajstić information content (AvgIpc) is 3.51. The first-order chi connectivity index (χ1) is 15.1. The minimum atomic E-state index is -0.178. The second kappa shape index (κ2) is 10.4. The minimum absolute atomic E-state index is 0.0282. The van der Waals surface area contributed by atoms with Gasteiger partial charge in [-0.2, -0.15) is 0 Å². The molecule has 0 unspecified atom stereocenters. The van der Waals surface area contributed by atoms with Crippen LogP contribution in [0, 0.1) is 5.82 Å². The lowest BCUT2D eigenvalue weighted by molar-refractivity contribution is -0.131. The van der Waals surface area contributed by atoms with Crippen molar-refractivity contribution in [2.45, 2.75) is 50.9 Å². The Labute approximate surface area is 184 Å². The number of amides is 3. The number of benzene rings is 1. The normalized spacial score (nSPS) is 20.4. The quantitative estimate of drug-likeness (QED) is 0.755. The lowest BCUT2D eigenvalue weighted by Gasteiger charge is -2.33. The van der Waals surface area contributed by atoms with Crippen LogP contribution in [0.1, 0.15) is 55.6 Å². The van der Waals surface area contributed by atoms with E-state index in [9.17, 15) is 14.0 Å². The van der Waals surface area contributed by atoms with E-state index < -0.39 is 0 Å². The van der Waals surface area contributed by atoms with Gasteiger partial charge >= 0.3 is 6.03 Å². The van der Waals surface area contributed by atoms with Gasteiger partial charge in [0.2, 0.25) is 5.91 Å². The van der Waals surface area contributed by atoms with Crippen molar-refractivity contribution in [1.29, 1.82) is 0 Å². The van der Waals surface area contributed by atoms with Gasteiger partial charge < -0.3 is 20.0 Å². The molecule has 7 heteroatoms. The summed E-state index contributed by atoms with van der Waals surface area (Å²) in [5, 5.41) is 2.77. The molecule has 1 aromatic carbocycles. The van der Waals surface area contributed by atoms with Gasteiger partial charge in [0.05, 0.1) is 6.54 Å². The number of nitrogens with zero attached hydrogens (tertiary/aromatic N) is 3.